The zero-order valence-electron chi connectivity index (χ0n) is 15.7. The van der Waals surface area contributed by atoms with Gasteiger partial charge in [-0.25, -0.2) is 9.97 Å². The number of carbonyl (C=O) groups is 1. The van der Waals surface area contributed by atoms with Gasteiger partial charge in [-0.2, -0.15) is 0 Å². The van der Waals surface area contributed by atoms with E-state index in [9.17, 15) is 4.79 Å². The highest BCUT2D eigenvalue weighted by Gasteiger charge is 2.18. The van der Waals surface area contributed by atoms with Crippen molar-refractivity contribution in [3.05, 3.63) is 58.9 Å². The van der Waals surface area contributed by atoms with E-state index >= 15 is 0 Å². The van der Waals surface area contributed by atoms with E-state index in [1.807, 2.05) is 42.9 Å². The smallest absolute Gasteiger partial charge is 0.276 e. The lowest BCUT2D eigenvalue weighted by Gasteiger charge is -2.14. The van der Waals surface area contributed by atoms with Gasteiger partial charge in [0, 0.05) is 38.6 Å². The second-order valence-electron chi connectivity index (χ2n) is 6.45. The fourth-order valence-corrected chi connectivity index (χ4v) is 3.58. The molecule has 0 fully saturated rings. The molecule has 0 atom stereocenters. The topological polar surface area (TPSA) is 86.3 Å². The van der Waals surface area contributed by atoms with Crippen LogP contribution < -0.4 is 4.74 Å². The average molecular weight is 397 g/mol. The summed E-state index contributed by atoms with van der Waals surface area (Å²) in [5.41, 5.74) is 1.14. The molecule has 0 saturated carbocycles. The summed E-state index contributed by atoms with van der Waals surface area (Å²) in [7, 11) is 3.59. The quantitative estimate of drug-likeness (QED) is 0.497. The molecule has 4 aromatic rings. The first kappa shape index (κ1) is 18.2. The maximum absolute atomic E-state index is 12.5. The van der Waals surface area contributed by atoms with Crippen LogP contribution in [0, 0.1) is 6.92 Å². The first-order chi connectivity index (χ1) is 13.5. The lowest BCUT2D eigenvalue weighted by molar-refractivity contribution is 0.0770. The van der Waals surface area contributed by atoms with Crippen LogP contribution in [0.15, 0.2) is 41.2 Å². The summed E-state index contributed by atoms with van der Waals surface area (Å²) in [6.45, 7) is 2.54. The molecule has 0 aliphatic heterocycles. The van der Waals surface area contributed by atoms with Crippen LogP contribution >= 0.6 is 11.3 Å². The summed E-state index contributed by atoms with van der Waals surface area (Å²) in [4.78, 5) is 22.8. The number of fused-ring (bicyclic) bond motifs is 1. The zero-order chi connectivity index (χ0) is 19.7. The molecule has 8 nitrogen and oxygen atoms in total. The Kier molecular flexibility index (Phi) is 4.82. The number of nitrogens with zero attached hydrogens (tertiary/aromatic N) is 5. The summed E-state index contributed by atoms with van der Waals surface area (Å²) in [5, 5.41) is 4.88. The van der Waals surface area contributed by atoms with E-state index in [1.54, 1.807) is 35.5 Å². The summed E-state index contributed by atoms with van der Waals surface area (Å²) in [5.74, 6) is 1.71. The largest absolute Gasteiger partial charge is 0.485 e. The molecule has 0 aliphatic carbocycles. The van der Waals surface area contributed by atoms with Gasteiger partial charge in [-0.1, -0.05) is 5.16 Å². The predicted octanol–water partition coefficient (Wildman–Crippen LogP) is 3.18. The summed E-state index contributed by atoms with van der Waals surface area (Å²) >= 11 is 1.64. The van der Waals surface area contributed by atoms with Gasteiger partial charge < -0.3 is 18.7 Å². The van der Waals surface area contributed by atoms with Crippen LogP contribution in [0.3, 0.4) is 0 Å². The minimum absolute atomic E-state index is 0.179. The van der Waals surface area contributed by atoms with E-state index in [2.05, 4.69) is 15.1 Å². The van der Waals surface area contributed by atoms with E-state index < -0.39 is 0 Å². The minimum Gasteiger partial charge on any atom is -0.485 e. The molecule has 1 aromatic carbocycles. The van der Waals surface area contributed by atoms with Crippen LogP contribution in [0.2, 0.25) is 0 Å². The second-order valence-corrected chi connectivity index (χ2v) is 7.68. The van der Waals surface area contributed by atoms with Crippen molar-refractivity contribution in [1.29, 1.82) is 0 Å². The SMILES string of the molecule is Cc1nc2cc(OCc3cc(C(=O)N(C)Cc4nccn4C)no3)ccc2s1. The van der Waals surface area contributed by atoms with Crippen molar-refractivity contribution in [2.45, 2.75) is 20.1 Å². The molecule has 9 heteroatoms. The maximum Gasteiger partial charge on any atom is 0.276 e. The Bertz CT molecular complexity index is 1130. The fraction of sp³-hybridized carbons (Fsp3) is 0.263. The number of imidazole rings is 1. The van der Waals surface area contributed by atoms with Crippen LogP contribution in [0.4, 0.5) is 0 Å². The van der Waals surface area contributed by atoms with Crippen molar-refractivity contribution >= 4 is 27.5 Å². The van der Waals surface area contributed by atoms with Gasteiger partial charge >= 0.3 is 0 Å². The molecule has 0 unspecified atom stereocenters. The van der Waals surface area contributed by atoms with Crippen LogP contribution in [0.1, 0.15) is 27.1 Å². The van der Waals surface area contributed by atoms with Gasteiger partial charge in [0.25, 0.3) is 5.91 Å². The zero-order valence-corrected chi connectivity index (χ0v) is 16.6. The lowest BCUT2D eigenvalue weighted by atomic mass is 10.3. The lowest BCUT2D eigenvalue weighted by Crippen LogP contribution is -2.27. The van der Waals surface area contributed by atoms with E-state index in [-0.39, 0.29) is 18.2 Å². The standard InChI is InChI=1S/C19H19N5O3S/c1-12-21-15-8-13(4-5-17(15)28-12)26-11-14-9-16(22-27-14)19(25)24(3)10-18-20-6-7-23(18)2/h4-9H,10-11H2,1-3H3. The Morgan fingerprint density at radius 2 is 2.21 bits per heavy atom. The Morgan fingerprint density at radius 3 is 3.00 bits per heavy atom. The number of thiazole rings is 1. The molecule has 0 radical (unpaired) electrons. The molecule has 1 amide bonds. The Morgan fingerprint density at radius 1 is 1.36 bits per heavy atom. The highest BCUT2D eigenvalue weighted by Crippen LogP contribution is 2.26. The normalized spacial score (nSPS) is 11.1. The highest BCUT2D eigenvalue weighted by atomic mass is 32.1. The van der Waals surface area contributed by atoms with Crippen molar-refractivity contribution in [3.63, 3.8) is 0 Å². The molecule has 3 aromatic heterocycles. The third kappa shape index (κ3) is 3.74. The molecule has 0 spiro atoms. The van der Waals surface area contributed by atoms with Crippen LogP contribution in [0.25, 0.3) is 10.2 Å². The Labute approximate surface area is 165 Å². The Balaban J connectivity index is 1.39. The number of hydrogen-bond acceptors (Lipinski definition) is 7. The molecular formula is C19H19N5O3S. The van der Waals surface area contributed by atoms with Crippen molar-refractivity contribution in [1.82, 2.24) is 24.6 Å². The first-order valence-electron chi connectivity index (χ1n) is 8.67. The van der Waals surface area contributed by atoms with Crippen molar-refractivity contribution in [2.75, 3.05) is 7.05 Å². The first-order valence-corrected chi connectivity index (χ1v) is 9.48. The number of hydrogen-bond donors (Lipinski definition) is 0. The van der Waals surface area contributed by atoms with E-state index in [4.69, 9.17) is 9.26 Å². The van der Waals surface area contributed by atoms with Crippen molar-refractivity contribution < 1.29 is 14.1 Å². The maximum atomic E-state index is 12.5. The number of aromatic nitrogens is 4. The molecule has 0 saturated heterocycles. The molecule has 0 N–H and O–H groups in total. The monoisotopic (exact) mass is 397 g/mol. The van der Waals surface area contributed by atoms with Crippen LogP contribution in [-0.4, -0.2) is 37.5 Å². The number of rotatable bonds is 6. The number of ether oxygens (including phenoxy) is 1. The average Bonchev–Trinajstić information content (AvgIpc) is 3.39. The van der Waals surface area contributed by atoms with Gasteiger partial charge in [0.15, 0.2) is 11.5 Å². The van der Waals surface area contributed by atoms with Gasteiger partial charge in [-0.3, -0.25) is 4.79 Å². The second kappa shape index (κ2) is 7.43. The van der Waals surface area contributed by atoms with E-state index in [1.165, 1.54) is 0 Å². The molecule has 0 aliphatic rings. The Hall–Kier alpha value is -3.20. The van der Waals surface area contributed by atoms with E-state index in [0.717, 1.165) is 21.0 Å². The number of carbonyl (C=O) groups excluding carboxylic acids is 1. The molecule has 144 valence electrons. The van der Waals surface area contributed by atoms with Gasteiger partial charge in [0.05, 0.1) is 21.8 Å². The van der Waals surface area contributed by atoms with Gasteiger partial charge in [0.1, 0.15) is 18.2 Å². The number of aryl methyl sites for hydroxylation is 2. The van der Waals surface area contributed by atoms with Gasteiger partial charge in [-0.05, 0) is 19.1 Å². The molecule has 0 bridgehead atoms. The molecule has 3 heterocycles. The van der Waals surface area contributed by atoms with Crippen molar-refractivity contribution in [3.8, 4) is 5.75 Å². The number of amides is 1. The van der Waals surface area contributed by atoms with Gasteiger partial charge in [-0.15, -0.1) is 11.3 Å². The number of benzene rings is 1. The summed E-state index contributed by atoms with van der Waals surface area (Å²) < 4.78 is 14.0. The fourth-order valence-electron chi connectivity index (χ4n) is 2.78. The molecule has 28 heavy (non-hydrogen) atoms. The molecule has 4 rings (SSSR count). The van der Waals surface area contributed by atoms with Crippen molar-refractivity contribution in [2.24, 2.45) is 7.05 Å². The van der Waals surface area contributed by atoms with E-state index in [0.29, 0.717) is 18.1 Å². The third-order valence-corrected chi connectivity index (χ3v) is 5.22. The third-order valence-electron chi connectivity index (χ3n) is 4.27. The predicted molar refractivity (Wildman–Crippen MR) is 104 cm³/mol. The minimum atomic E-state index is -0.239. The summed E-state index contributed by atoms with van der Waals surface area (Å²) in [6.07, 6.45) is 3.53. The molecular weight excluding hydrogens is 378 g/mol. The van der Waals surface area contributed by atoms with Crippen LogP contribution in [0.5, 0.6) is 5.75 Å². The van der Waals surface area contributed by atoms with Gasteiger partial charge in [0.2, 0.25) is 0 Å². The highest BCUT2D eigenvalue weighted by molar-refractivity contribution is 7.18. The summed E-state index contributed by atoms with van der Waals surface area (Å²) in [6, 6.07) is 7.37. The van der Waals surface area contributed by atoms with Crippen LogP contribution in [-0.2, 0) is 20.2 Å².